The normalized spacial score (nSPS) is 18.2. The SMILES string of the molecule is C[C@H](NCc1cccc(OC(F)(F)F)c1)C1CCCC1. The number of rotatable bonds is 5. The molecule has 1 aliphatic rings. The highest BCUT2D eigenvalue weighted by Crippen LogP contribution is 2.28. The third kappa shape index (κ3) is 4.71. The summed E-state index contributed by atoms with van der Waals surface area (Å²) in [6.07, 6.45) is 0.414. The third-order valence-corrected chi connectivity index (χ3v) is 3.87. The van der Waals surface area contributed by atoms with Crippen molar-refractivity contribution in [2.75, 3.05) is 0 Å². The molecule has 5 heteroatoms. The molecule has 2 nitrogen and oxygen atoms in total. The van der Waals surface area contributed by atoms with Crippen LogP contribution >= 0.6 is 0 Å². The molecule has 0 radical (unpaired) electrons. The molecule has 1 N–H and O–H groups in total. The minimum atomic E-state index is -4.64. The molecule has 0 heterocycles. The molecule has 1 aliphatic carbocycles. The van der Waals surface area contributed by atoms with Gasteiger partial charge in [-0.15, -0.1) is 13.2 Å². The van der Waals surface area contributed by atoms with Crippen molar-refractivity contribution in [1.82, 2.24) is 5.32 Å². The number of hydrogen-bond acceptors (Lipinski definition) is 2. The zero-order chi connectivity index (χ0) is 14.6. The first-order valence-electron chi connectivity index (χ1n) is 7.02. The second-order valence-electron chi connectivity index (χ2n) is 5.41. The first-order chi connectivity index (χ1) is 9.44. The summed E-state index contributed by atoms with van der Waals surface area (Å²) in [6.45, 7) is 2.71. The third-order valence-electron chi connectivity index (χ3n) is 3.87. The van der Waals surface area contributed by atoms with Crippen LogP contribution in [0.4, 0.5) is 13.2 Å². The maximum Gasteiger partial charge on any atom is 0.573 e. The highest BCUT2D eigenvalue weighted by Gasteiger charge is 2.31. The molecule has 20 heavy (non-hydrogen) atoms. The quantitative estimate of drug-likeness (QED) is 0.874. The van der Waals surface area contributed by atoms with Gasteiger partial charge in [0.1, 0.15) is 5.75 Å². The highest BCUT2D eigenvalue weighted by molar-refractivity contribution is 5.28. The monoisotopic (exact) mass is 287 g/mol. The average molecular weight is 287 g/mol. The molecule has 1 aromatic carbocycles. The number of hydrogen-bond donors (Lipinski definition) is 1. The Balaban J connectivity index is 1.87. The fourth-order valence-corrected chi connectivity index (χ4v) is 2.76. The fourth-order valence-electron chi connectivity index (χ4n) is 2.76. The van der Waals surface area contributed by atoms with Crippen LogP contribution in [0.5, 0.6) is 5.75 Å². The predicted molar refractivity (Wildman–Crippen MR) is 71.4 cm³/mol. The molecule has 0 spiro atoms. The van der Waals surface area contributed by atoms with Gasteiger partial charge in [-0.3, -0.25) is 0 Å². The van der Waals surface area contributed by atoms with Crippen LogP contribution in [0, 0.1) is 5.92 Å². The lowest BCUT2D eigenvalue weighted by Crippen LogP contribution is -2.31. The van der Waals surface area contributed by atoms with Gasteiger partial charge in [0.15, 0.2) is 0 Å². The minimum Gasteiger partial charge on any atom is -0.406 e. The van der Waals surface area contributed by atoms with Gasteiger partial charge in [-0.05, 0) is 43.4 Å². The van der Waals surface area contributed by atoms with Crippen molar-refractivity contribution in [1.29, 1.82) is 0 Å². The fraction of sp³-hybridized carbons (Fsp3) is 0.600. The molecular formula is C15H20F3NO. The van der Waals surface area contributed by atoms with Gasteiger partial charge >= 0.3 is 6.36 Å². The summed E-state index contributed by atoms with van der Waals surface area (Å²) < 4.78 is 40.4. The number of ether oxygens (including phenoxy) is 1. The predicted octanol–water partition coefficient (Wildman–Crippen LogP) is 4.25. The average Bonchev–Trinajstić information content (AvgIpc) is 2.88. The van der Waals surface area contributed by atoms with Crippen molar-refractivity contribution in [3.8, 4) is 5.75 Å². The molecular weight excluding hydrogens is 267 g/mol. The van der Waals surface area contributed by atoms with Crippen molar-refractivity contribution in [2.45, 2.75) is 51.6 Å². The molecule has 1 saturated carbocycles. The molecule has 0 aliphatic heterocycles. The number of benzene rings is 1. The summed E-state index contributed by atoms with van der Waals surface area (Å²) in [6, 6.07) is 6.53. The summed E-state index contributed by atoms with van der Waals surface area (Å²) in [7, 11) is 0. The molecule has 0 amide bonds. The van der Waals surface area contributed by atoms with E-state index in [0.717, 1.165) is 5.56 Å². The van der Waals surface area contributed by atoms with Gasteiger partial charge in [-0.1, -0.05) is 25.0 Å². The lowest BCUT2D eigenvalue weighted by Gasteiger charge is -2.20. The van der Waals surface area contributed by atoms with E-state index in [0.29, 0.717) is 18.5 Å². The van der Waals surface area contributed by atoms with E-state index in [1.807, 2.05) is 0 Å². The molecule has 0 bridgehead atoms. The van der Waals surface area contributed by atoms with Crippen molar-refractivity contribution in [3.63, 3.8) is 0 Å². The zero-order valence-corrected chi connectivity index (χ0v) is 11.5. The van der Waals surface area contributed by atoms with Crippen molar-refractivity contribution in [3.05, 3.63) is 29.8 Å². The molecule has 2 rings (SSSR count). The summed E-state index contributed by atoms with van der Waals surface area (Å²) in [5.41, 5.74) is 0.802. The summed E-state index contributed by atoms with van der Waals surface area (Å²) >= 11 is 0. The van der Waals surface area contributed by atoms with Crippen LogP contribution in [0.15, 0.2) is 24.3 Å². The zero-order valence-electron chi connectivity index (χ0n) is 11.5. The van der Waals surface area contributed by atoms with Gasteiger partial charge < -0.3 is 10.1 Å². The van der Waals surface area contributed by atoms with Crippen molar-refractivity contribution >= 4 is 0 Å². The Kier molecular flexibility index (Phi) is 4.91. The van der Waals surface area contributed by atoms with Gasteiger partial charge in [0, 0.05) is 12.6 Å². The van der Waals surface area contributed by atoms with Crippen LogP contribution < -0.4 is 10.1 Å². The van der Waals surface area contributed by atoms with E-state index in [-0.39, 0.29) is 5.75 Å². The van der Waals surface area contributed by atoms with Gasteiger partial charge in [0.05, 0.1) is 0 Å². The van der Waals surface area contributed by atoms with Gasteiger partial charge in [0.25, 0.3) is 0 Å². The van der Waals surface area contributed by atoms with Crippen LogP contribution in [-0.2, 0) is 6.54 Å². The summed E-state index contributed by atoms with van der Waals surface area (Å²) in [5.74, 6) is 0.523. The van der Waals surface area contributed by atoms with E-state index in [9.17, 15) is 13.2 Å². The summed E-state index contributed by atoms with van der Waals surface area (Å²) in [5, 5.41) is 3.39. The topological polar surface area (TPSA) is 21.3 Å². The van der Waals surface area contributed by atoms with Gasteiger partial charge in [-0.2, -0.15) is 0 Å². The molecule has 112 valence electrons. The Morgan fingerprint density at radius 1 is 1.30 bits per heavy atom. The van der Waals surface area contributed by atoms with E-state index in [4.69, 9.17) is 0 Å². The standard InChI is InChI=1S/C15H20F3NO/c1-11(13-6-2-3-7-13)19-10-12-5-4-8-14(9-12)20-15(16,17)18/h4-5,8-9,11,13,19H,2-3,6-7,10H2,1H3/t11-/m0/s1. The Labute approximate surface area is 117 Å². The molecule has 1 atom stereocenters. The molecule has 1 aromatic rings. The lowest BCUT2D eigenvalue weighted by atomic mass is 9.99. The molecule has 0 saturated heterocycles. The second-order valence-corrected chi connectivity index (χ2v) is 5.41. The Morgan fingerprint density at radius 3 is 2.65 bits per heavy atom. The maximum absolute atomic E-state index is 12.2. The number of halogens is 3. The number of alkyl halides is 3. The maximum atomic E-state index is 12.2. The summed E-state index contributed by atoms with van der Waals surface area (Å²) in [4.78, 5) is 0. The smallest absolute Gasteiger partial charge is 0.406 e. The Hall–Kier alpha value is -1.23. The van der Waals surface area contributed by atoms with E-state index >= 15 is 0 Å². The Morgan fingerprint density at radius 2 is 2.00 bits per heavy atom. The van der Waals surface area contributed by atoms with Crippen LogP contribution in [0.2, 0.25) is 0 Å². The van der Waals surface area contributed by atoms with Crippen molar-refractivity contribution < 1.29 is 17.9 Å². The van der Waals surface area contributed by atoms with Gasteiger partial charge in [-0.25, -0.2) is 0 Å². The number of nitrogens with one attached hydrogen (secondary N) is 1. The van der Waals surface area contributed by atoms with Crippen LogP contribution in [0.3, 0.4) is 0 Å². The molecule has 1 fully saturated rings. The van der Waals surface area contributed by atoms with E-state index < -0.39 is 6.36 Å². The Bertz CT molecular complexity index is 427. The highest BCUT2D eigenvalue weighted by atomic mass is 19.4. The molecule has 0 unspecified atom stereocenters. The second kappa shape index (κ2) is 6.48. The van der Waals surface area contributed by atoms with Crippen LogP contribution in [0.1, 0.15) is 38.2 Å². The van der Waals surface area contributed by atoms with E-state index in [1.54, 1.807) is 12.1 Å². The largest absolute Gasteiger partial charge is 0.573 e. The van der Waals surface area contributed by atoms with E-state index in [2.05, 4.69) is 17.0 Å². The molecule has 0 aromatic heterocycles. The minimum absolute atomic E-state index is 0.162. The van der Waals surface area contributed by atoms with Crippen LogP contribution in [0.25, 0.3) is 0 Å². The first-order valence-corrected chi connectivity index (χ1v) is 7.02. The van der Waals surface area contributed by atoms with Crippen LogP contribution in [-0.4, -0.2) is 12.4 Å². The lowest BCUT2D eigenvalue weighted by molar-refractivity contribution is -0.274. The van der Waals surface area contributed by atoms with Gasteiger partial charge in [0.2, 0.25) is 0 Å². The van der Waals surface area contributed by atoms with Crippen molar-refractivity contribution in [2.24, 2.45) is 5.92 Å². The first kappa shape index (κ1) is 15.2. The van der Waals surface area contributed by atoms with E-state index in [1.165, 1.54) is 37.8 Å².